The van der Waals surface area contributed by atoms with Crippen LogP contribution in [0.5, 0.6) is 5.75 Å². The minimum Gasteiger partial charge on any atom is -0.406 e. The van der Waals surface area contributed by atoms with Crippen molar-refractivity contribution in [2.45, 2.75) is 38.2 Å². The lowest BCUT2D eigenvalue weighted by Crippen LogP contribution is -2.32. The average molecular weight is 406 g/mol. The molecule has 1 aromatic heterocycles. The molecule has 2 heterocycles. The van der Waals surface area contributed by atoms with Gasteiger partial charge in [-0.1, -0.05) is 0 Å². The Bertz CT molecular complexity index is 897. The Morgan fingerprint density at radius 2 is 1.97 bits per heavy atom. The van der Waals surface area contributed by atoms with Gasteiger partial charge in [0.2, 0.25) is 5.91 Å². The van der Waals surface area contributed by atoms with Crippen molar-refractivity contribution < 1.29 is 22.7 Å². The van der Waals surface area contributed by atoms with E-state index in [1.807, 2.05) is 6.07 Å². The quantitative estimate of drug-likeness (QED) is 0.820. The molecule has 2 fully saturated rings. The van der Waals surface area contributed by atoms with Crippen molar-refractivity contribution in [1.29, 1.82) is 0 Å². The number of benzene rings is 1. The summed E-state index contributed by atoms with van der Waals surface area (Å²) in [6, 6.07) is 7.87. The van der Waals surface area contributed by atoms with E-state index in [0.717, 1.165) is 30.6 Å². The molecule has 2 aromatic rings. The molecule has 1 aromatic carbocycles. The standard InChI is InChI=1S/C20H21F3N4O2/c1-14(28)25-18-10-24-9-6-15(18)11-27-13-26(12-19(27)7-8-19)16-2-4-17(5-3-16)29-20(21,22)23/h2-6,9-10H,7-8,11-13H2,1H3,(H,25,28). The SMILES string of the molecule is CC(=O)Nc1cnccc1CN1CN(c2ccc(OC(F)(F)F)cc2)CC12CC2. The van der Waals surface area contributed by atoms with Gasteiger partial charge in [0.15, 0.2) is 0 Å². The van der Waals surface area contributed by atoms with Gasteiger partial charge in [0.1, 0.15) is 5.75 Å². The zero-order chi connectivity index (χ0) is 20.6. The van der Waals surface area contributed by atoms with Gasteiger partial charge in [-0.05, 0) is 48.7 Å². The molecule has 154 valence electrons. The van der Waals surface area contributed by atoms with Crippen molar-refractivity contribution in [2.75, 3.05) is 23.4 Å². The first-order valence-corrected chi connectivity index (χ1v) is 9.30. The number of carbonyl (C=O) groups excluding carboxylic acids is 1. The summed E-state index contributed by atoms with van der Waals surface area (Å²) in [6.45, 7) is 3.58. The smallest absolute Gasteiger partial charge is 0.406 e. The number of pyridine rings is 1. The maximum atomic E-state index is 12.4. The van der Waals surface area contributed by atoms with Crippen molar-refractivity contribution in [2.24, 2.45) is 0 Å². The molecule has 0 unspecified atom stereocenters. The highest BCUT2D eigenvalue weighted by Crippen LogP contribution is 2.48. The second-order valence-corrected chi connectivity index (χ2v) is 7.52. The van der Waals surface area contributed by atoms with E-state index in [0.29, 0.717) is 18.9 Å². The van der Waals surface area contributed by atoms with Crippen molar-refractivity contribution in [1.82, 2.24) is 9.88 Å². The number of carbonyl (C=O) groups is 1. The molecular weight excluding hydrogens is 385 g/mol. The lowest BCUT2D eigenvalue weighted by atomic mass is 10.1. The number of nitrogens with zero attached hydrogens (tertiary/aromatic N) is 3. The fraction of sp³-hybridized carbons (Fsp3) is 0.400. The molecule has 4 rings (SSSR count). The third kappa shape index (κ3) is 4.45. The molecule has 1 aliphatic carbocycles. The van der Waals surface area contributed by atoms with Gasteiger partial charge >= 0.3 is 6.36 Å². The van der Waals surface area contributed by atoms with E-state index in [2.05, 4.69) is 24.8 Å². The molecule has 29 heavy (non-hydrogen) atoms. The Balaban J connectivity index is 1.48. The fourth-order valence-electron chi connectivity index (χ4n) is 3.80. The number of hydrogen-bond acceptors (Lipinski definition) is 5. The summed E-state index contributed by atoms with van der Waals surface area (Å²) in [4.78, 5) is 20.0. The number of ether oxygens (including phenoxy) is 1. The van der Waals surface area contributed by atoms with Gasteiger partial charge in [-0.2, -0.15) is 0 Å². The largest absolute Gasteiger partial charge is 0.573 e. The van der Waals surface area contributed by atoms with Gasteiger partial charge in [0, 0.05) is 37.4 Å². The van der Waals surface area contributed by atoms with Crippen LogP contribution in [-0.2, 0) is 11.3 Å². The first kappa shape index (κ1) is 19.5. The minimum absolute atomic E-state index is 0.0674. The molecule has 6 nitrogen and oxygen atoms in total. The predicted octanol–water partition coefficient (Wildman–Crippen LogP) is 3.75. The van der Waals surface area contributed by atoms with E-state index < -0.39 is 6.36 Å². The maximum Gasteiger partial charge on any atom is 0.573 e. The molecular formula is C20H21F3N4O2. The normalized spacial score (nSPS) is 18.1. The highest BCUT2D eigenvalue weighted by molar-refractivity contribution is 5.89. The summed E-state index contributed by atoms with van der Waals surface area (Å²) >= 11 is 0. The molecule has 0 bridgehead atoms. The minimum atomic E-state index is -4.69. The van der Waals surface area contributed by atoms with Gasteiger partial charge < -0.3 is 15.0 Å². The lowest BCUT2D eigenvalue weighted by Gasteiger charge is -2.24. The molecule has 0 atom stereocenters. The van der Waals surface area contributed by atoms with Gasteiger partial charge in [-0.3, -0.25) is 14.7 Å². The Hall–Kier alpha value is -2.81. The Labute approximate surface area is 166 Å². The highest BCUT2D eigenvalue weighted by Gasteiger charge is 2.53. The zero-order valence-corrected chi connectivity index (χ0v) is 15.9. The molecule has 2 aliphatic rings. The molecule has 0 radical (unpaired) electrons. The van der Waals surface area contributed by atoms with Crippen LogP contribution >= 0.6 is 0 Å². The first-order valence-electron chi connectivity index (χ1n) is 9.30. The van der Waals surface area contributed by atoms with Crippen LogP contribution < -0.4 is 15.0 Å². The van der Waals surface area contributed by atoms with Crippen molar-refractivity contribution in [3.63, 3.8) is 0 Å². The summed E-state index contributed by atoms with van der Waals surface area (Å²) in [6.07, 6.45) is 0.787. The van der Waals surface area contributed by atoms with Crippen molar-refractivity contribution >= 4 is 17.3 Å². The van der Waals surface area contributed by atoms with Crippen LogP contribution in [0.4, 0.5) is 24.5 Å². The molecule has 1 N–H and O–H groups in total. The summed E-state index contributed by atoms with van der Waals surface area (Å²) in [5, 5.41) is 2.82. The van der Waals surface area contributed by atoms with Crippen LogP contribution in [0.1, 0.15) is 25.3 Å². The second kappa shape index (κ2) is 7.22. The van der Waals surface area contributed by atoms with E-state index in [9.17, 15) is 18.0 Å². The van der Waals surface area contributed by atoms with Crippen LogP contribution in [0.2, 0.25) is 0 Å². The summed E-state index contributed by atoms with van der Waals surface area (Å²) in [5.41, 5.74) is 2.60. The van der Waals surface area contributed by atoms with E-state index in [1.54, 1.807) is 24.5 Å². The summed E-state index contributed by atoms with van der Waals surface area (Å²) in [7, 11) is 0. The fourth-order valence-corrected chi connectivity index (χ4v) is 3.80. The van der Waals surface area contributed by atoms with Gasteiger partial charge in [0.25, 0.3) is 0 Å². The van der Waals surface area contributed by atoms with E-state index in [-0.39, 0.29) is 17.2 Å². The lowest BCUT2D eigenvalue weighted by molar-refractivity contribution is -0.274. The molecule has 1 aliphatic heterocycles. The number of hydrogen-bond donors (Lipinski definition) is 1. The van der Waals surface area contributed by atoms with Gasteiger partial charge in [0.05, 0.1) is 18.6 Å². The average Bonchev–Trinajstić information content (AvgIpc) is 3.32. The molecule has 9 heteroatoms. The number of rotatable bonds is 5. The van der Waals surface area contributed by atoms with E-state index in [1.165, 1.54) is 19.1 Å². The molecule has 1 saturated carbocycles. The third-order valence-corrected chi connectivity index (χ3v) is 5.34. The second-order valence-electron chi connectivity index (χ2n) is 7.52. The van der Waals surface area contributed by atoms with Crippen LogP contribution in [0, 0.1) is 0 Å². The van der Waals surface area contributed by atoms with E-state index in [4.69, 9.17) is 0 Å². The van der Waals surface area contributed by atoms with Crippen LogP contribution in [0.15, 0.2) is 42.7 Å². The molecule has 1 saturated heterocycles. The number of nitrogens with one attached hydrogen (secondary N) is 1. The van der Waals surface area contributed by atoms with Crippen molar-refractivity contribution in [3.05, 3.63) is 48.3 Å². The van der Waals surface area contributed by atoms with Crippen molar-refractivity contribution in [3.8, 4) is 5.75 Å². The van der Waals surface area contributed by atoms with E-state index >= 15 is 0 Å². The molecule has 1 amide bonds. The Morgan fingerprint density at radius 3 is 2.59 bits per heavy atom. The zero-order valence-electron chi connectivity index (χ0n) is 15.9. The van der Waals surface area contributed by atoms with Gasteiger partial charge in [-0.25, -0.2) is 0 Å². The highest BCUT2D eigenvalue weighted by atomic mass is 19.4. The number of anilines is 2. The topological polar surface area (TPSA) is 57.7 Å². The van der Waals surface area contributed by atoms with Crippen LogP contribution in [0.25, 0.3) is 0 Å². The first-order chi connectivity index (χ1) is 13.7. The number of amides is 1. The molecule has 1 spiro atoms. The van der Waals surface area contributed by atoms with Crippen LogP contribution in [0.3, 0.4) is 0 Å². The number of aromatic nitrogens is 1. The van der Waals surface area contributed by atoms with Gasteiger partial charge in [-0.15, -0.1) is 13.2 Å². The summed E-state index contributed by atoms with van der Waals surface area (Å²) in [5.74, 6) is -0.375. The Kier molecular flexibility index (Phi) is 4.85. The third-order valence-electron chi connectivity index (χ3n) is 5.34. The maximum absolute atomic E-state index is 12.4. The number of halogens is 3. The Morgan fingerprint density at radius 1 is 1.24 bits per heavy atom. The number of alkyl halides is 3. The summed E-state index contributed by atoms with van der Waals surface area (Å²) < 4.78 is 41.0. The predicted molar refractivity (Wildman–Crippen MR) is 101 cm³/mol. The monoisotopic (exact) mass is 406 g/mol. The van der Waals surface area contributed by atoms with Crippen LogP contribution in [-0.4, -0.2) is 40.9 Å².